The molecule has 0 fully saturated rings. The monoisotopic (exact) mass is 449 g/mol. The fourth-order valence-corrected chi connectivity index (χ4v) is 5.20. The largest absolute Gasteiger partial charge is 0.496 e. The van der Waals surface area contributed by atoms with E-state index < -0.39 is 11.0 Å². The molecule has 0 saturated heterocycles. The Morgan fingerprint density at radius 1 is 1.06 bits per heavy atom. The minimum absolute atomic E-state index is 0.126. The number of nitrogens with one attached hydrogen (secondary N) is 1. The molecule has 32 heavy (non-hydrogen) atoms. The van der Waals surface area contributed by atoms with Crippen LogP contribution in [0.5, 0.6) is 11.5 Å². The lowest BCUT2D eigenvalue weighted by molar-refractivity contribution is -0.114. The van der Waals surface area contributed by atoms with Gasteiger partial charge in [0.05, 0.1) is 12.0 Å². The van der Waals surface area contributed by atoms with Gasteiger partial charge in [-0.25, -0.2) is 8.60 Å². The number of fused-ring (bicyclic) bond motifs is 1. The molecule has 3 aromatic carbocycles. The molecule has 0 radical (unpaired) electrons. The van der Waals surface area contributed by atoms with Crippen LogP contribution in [0.2, 0.25) is 0 Å². The number of rotatable bonds is 5. The summed E-state index contributed by atoms with van der Waals surface area (Å²) < 4.78 is 40.0. The first-order chi connectivity index (χ1) is 15.5. The third-order valence-electron chi connectivity index (χ3n) is 5.74. The minimum Gasteiger partial charge on any atom is -0.496 e. The van der Waals surface area contributed by atoms with Gasteiger partial charge in [-0.3, -0.25) is 9.52 Å². The fraction of sp³-hybridized carbons (Fsp3) is 0.160. The fourth-order valence-electron chi connectivity index (χ4n) is 4.28. The first-order valence-electron chi connectivity index (χ1n) is 10.2. The third-order valence-corrected chi connectivity index (χ3v) is 6.88. The number of halogens is 1. The summed E-state index contributed by atoms with van der Waals surface area (Å²) >= 11 is 0. The highest BCUT2D eigenvalue weighted by Crippen LogP contribution is 2.42. The van der Waals surface area contributed by atoms with Crippen molar-refractivity contribution in [2.75, 3.05) is 7.11 Å². The third kappa shape index (κ3) is 3.69. The minimum atomic E-state index is -1.52. The molecule has 1 aliphatic heterocycles. The van der Waals surface area contributed by atoms with Gasteiger partial charge in [-0.05, 0) is 65.4 Å². The summed E-state index contributed by atoms with van der Waals surface area (Å²) in [5.41, 5.74) is 4.60. The molecule has 1 amide bonds. The van der Waals surface area contributed by atoms with E-state index in [0.29, 0.717) is 22.0 Å². The van der Waals surface area contributed by atoms with Crippen LogP contribution in [0.15, 0.2) is 66.7 Å². The van der Waals surface area contributed by atoms with Crippen molar-refractivity contribution in [2.45, 2.75) is 18.9 Å². The van der Waals surface area contributed by atoms with Crippen LogP contribution in [-0.2, 0) is 22.2 Å². The molecule has 5 rings (SSSR count). The van der Waals surface area contributed by atoms with E-state index in [9.17, 15) is 13.4 Å². The van der Waals surface area contributed by atoms with Crippen molar-refractivity contribution < 1.29 is 22.9 Å². The van der Waals surface area contributed by atoms with Gasteiger partial charge in [-0.2, -0.15) is 0 Å². The molecule has 0 aromatic heterocycles. The van der Waals surface area contributed by atoms with E-state index >= 15 is 0 Å². The van der Waals surface area contributed by atoms with Crippen LogP contribution in [0.4, 0.5) is 4.39 Å². The second kappa shape index (κ2) is 8.24. The first-order valence-corrected chi connectivity index (χ1v) is 11.4. The Balaban J connectivity index is 1.41. The van der Waals surface area contributed by atoms with Gasteiger partial charge in [0.1, 0.15) is 23.4 Å². The maximum atomic E-state index is 13.9. The van der Waals surface area contributed by atoms with Gasteiger partial charge in [-0.15, -0.1) is 0 Å². The number of ether oxygens (including phenoxy) is 2. The molecular formula is C25H20FNO4S. The maximum Gasteiger partial charge on any atom is 0.257 e. The lowest BCUT2D eigenvalue weighted by atomic mass is 9.96. The normalized spacial score (nSPS) is 19.3. The summed E-state index contributed by atoms with van der Waals surface area (Å²) in [5, 5.41) is 0. The predicted octanol–water partition coefficient (Wildman–Crippen LogP) is 4.70. The summed E-state index contributed by atoms with van der Waals surface area (Å²) in [4.78, 5) is 11.9. The average molecular weight is 450 g/mol. The van der Waals surface area contributed by atoms with Crippen LogP contribution in [-0.4, -0.2) is 17.2 Å². The quantitative estimate of drug-likeness (QED) is 0.613. The first kappa shape index (κ1) is 20.5. The van der Waals surface area contributed by atoms with Crippen molar-refractivity contribution in [1.29, 1.82) is 0 Å². The van der Waals surface area contributed by atoms with E-state index in [1.165, 1.54) is 18.2 Å². The number of hydrogen-bond acceptors (Lipinski definition) is 4. The Kier molecular flexibility index (Phi) is 5.27. The molecule has 1 heterocycles. The van der Waals surface area contributed by atoms with E-state index in [-0.39, 0.29) is 17.8 Å². The van der Waals surface area contributed by atoms with Gasteiger partial charge >= 0.3 is 0 Å². The Hall–Kier alpha value is -3.45. The smallest absolute Gasteiger partial charge is 0.257 e. The van der Waals surface area contributed by atoms with Crippen molar-refractivity contribution in [3.05, 3.63) is 89.2 Å². The Morgan fingerprint density at radius 3 is 2.59 bits per heavy atom. The van der Waals surface area contributed by atoms with Crippen molar-refractivity contribution in [3.8, 4) is 22.6 Å². The van der Waals surface area contributed by atoms with E-state index in [4.69, 9.17) is 9.47 Å². The summed E-state index contributed by atoms with van der Waals surface area (Å²) in [6.45, 7) is 0. The van der Waals surface area contributed by atoms with Crippen molar-refractivity contribution in [1.82, 2.24) is 4.72 Å². The molecule has 2 aliphatic rings. The van der Waals surface area contributed by atoms with Gasteiger partial charge in [0.15, 0.2) is 11.0 Å². The van der Waals surface area contributed by atoms with E-state index in [1.807, 2.05) is 30.3 Å². The zero-order valence-electron chi connectivity index (χ0n) is 17.3. The molecule has 1 aliphatic carbocycles. The van der Waals surface area contributed by atoms with Crippen molar-refractivity contribution in [2.24, 2.45) is 0 Å². The molecular weight excluding hydrogens is 429 g/mol. The van der Waals surface area contributed by atoms with Crippen LogP contribution >= 0.6 is 0 Å². The molecule has 2 atom stereocenters. The van der Waals surface area contributed by atoms with Gasteiger partial charge < -0.3 is 9.47 Å². The maximum absolute atomic E-state index is 13.9. The van der Waals surface area contributed by atoms with Crippen molar-refractivity contribution >= 4 is 21.8 Å². The lowest BCUT2D eigenvalue weighted by Crippen LogP contribution is -2.16. The summed E-state index contributed by atoms with van der Waals surface area (Å²) in [6, 6.07) is 17.7. The van der Waals surface area contributed by atoms with Crippen LogP contribution < -0.4 is 14.2 Å². The number of carbonyl (C=O) groups excluding carboxylic acids is 1. The molecule has 5 nitrogen and oxygen atoms in total. The van der Waals surface area contributed by atoms with E-state index in [0.717, 1.165) is 35.1 Å². The SMILES string of the molecule is COc1ccc(F)cc1-c1cccc2c1CC[C@H]2Oc1ccc(C2=CC(=O)NS2=O)cc1. The zero-order chi connectivity index (χ0) is 22.2. The molecule has 0 spiro atoms. The molecule has 3 aromatic rings. The van der Waals surface area contributed by atoms with Crippen molar-refractivity contribution in [3.63, 3.8) is 0 Å². The highest BCUT2D eigenvalue weighted by atomic mass is 32.2. The highest BCUT2D eigenvalue weighted by Gasteiger charge is 2.28. The highest BCUT2D eigenvalue weighted by molar-refractivity contribution is 7.93. The Bertz CT molecular complexity index is 1270. The molecule has 162 valence electrons. The van der Waals surface area contributed by atoms with Crippen LogP contribution in [0.25, 0.3) is 16.0 Å². The molecule has 1 unspecified atom stereocenters. The Morgan fingerprint density at radius 2 is 1.88 bits per heavy atom. The second-order valence-corrected chi connectivity index (χ2v) is 8.81. The lowest BCUT2D eigenvalue weighted by Gasteiger charge is -2.17. The molecule has 0 saturated carbocycles. The second-order valence-electron chi connectivity index (χ2n) is 7.63. The number of carbonyl (C=O) groups is 1. The number of methoxy groups -OCH3 is 1. The standard InChI is InChI=1S/C25H20FNO4S/c1-30-22-11-7-16(26)13-21(22)18-3-2-4-20-19(18)10-12-23(20)31-17-8-5-15(6-9-17)24-14-25(28)27-32(24)29/h2-9,11,13-14,23H,10,12H2,1H3,(H,27,28)/t23-,32?/m1/s1. The van der Waals surface area contributed by atoms with Gasteiger partial charge in [0, 0.05) is 11.6 Å². The van der Waals surface area contributed by atoms with Crippen LogP contribution in [0.1, 0.15) is 29.2 Å². The number of amides is 1. The predicted molar refractivity (Wildman–Crippen MR) is 121 cm³/mol. The number of benzene rings is 3. The summed E-state index contributed by atoms with van der Waals surface area (Å²) in [5.74, 6) is 0.654. The van der Waals surface area contributed by atoms with E-state index in [2.05, 4.69) is 4.72 Å². The van der Waals surface area contributed by atoms with Crippen LogP contribution in [0, 0.1) is 5.82 Å². The number of hydrogen-bond donors (Lipinski definition) is 1. The van der Waals surface area contributed by atoms with E-state index in [1.54, 1.807) is 25.3 Å². The van der Waals surface area contributed by atoms with Gasteiger partial charge in [-0.1, -0.05) is 30.3 Å². The summed E-state index contributed by atoms with van der Waals surface area (Å²) in [6.07, 6.45) is 2.84. The zero-order valence-corrected chi connectivity index (χ0v) is 18.1. The van der Waals surface area contributed by atoms with Gasteiger partial charge in [0.2, 0.25) is 0 Å². The van der Waals surface area contributed by atoms with Crippen LogP contribution in [0.3, 0.4) is 0 Å². The molecule has 7 heteroatoms. The summed E-state index contributed by atoms with van der Waals surface area (Å²) in [7, 11) is 0.0583. The molecule has 0 bridgehead atoms. The average Bonchev–Trinajstić information content (AvgIpc) is 3.36. The van der Waals surface area contributed by atoms with Gasteiger partial charge in [0.25, 0.3) is 5.91 Å². The molecule has 1 N–H and O–H groups in total. The topological polar surface area (TPSA) is 64.6 Å². The Labute approximate surface area is 187 Å².